The standard InChI is InChI=1S/C19H25N3O3/c1-23-16-9-14(13-24-15-5-4-8-20-10-15)22(11-16)12-18-17-6-2-3-7-19(17)25-21-18/h4-5,8,10,14,16H,2-3,6-7,9,11-13H2,1H3/t14-,16+/m0/s1. The van der Waals surface area contributed by atoms with Crippen molar-refractivity contribution in [2.24, 2.45) is 0 Å². The van der Waals surface area contributed by atoms with Gasteiger partial charge in [-0.15, -0.1) is 0 Å². The van der Waals surface area contributed by atoms with E-state index in [1.54, 1.807) is 19.5 Å². The van der Waals surface area contributed by atoms with Crippen LogP contribution in [-0.4, -0.2) is 47.4 Å². The van der Waals surface area contributed by atoms with Gasteiger partial charge in [-0.3, -0.25) is 9.88 Å². The highest BCUT2D eigenvalue weighted by molar-refractivity contribution is 5.25. The van der Waals surface area contributed by atoms with E-state index in [0.29, 0.717) is 12.6 Å². The van der Waals surface area contributed by atoms with Gasteiger partial charge in [0.1, 0.15) is 23.8 Å². The Labute approximate surface area is 148 Å². The first-order chi connectivity index (χ1) is 12.3. The normalized spacial score (nSPS) is 23.6. The third-order valence-electron chi connectivity index (χ3n) is 5.28. The summed E-state index contributed by atoms with van der Waals surface area (Å²) in [6.07, 6.45) is 9.27. The summed E-state index contributed by atoms with van der Waals surface area (Å²) in [5.74, 6) is 1.90. The Balaban J connectivity index is 1.43. The van der Waals surface area contributed by atoms with E-state index in [1.807, 2.05) is 12.1 Å². The molecule has 2 aromatic rings. The lowest BCUT2D eigenvalue weighted by molar-refractivity contribution is 0.106. The molecule has 0 amide bonds. The summed E-state index contributed by atoms with van der Waals surface area (Å²) >= 11 is 0. The zero-order chi connectivity index (χ0) is 17.1. The van der Waals surface area contributed by atoms with Crippen molar-refractivity contribution < 1.29 is 14.0 Å². The van der Waals surface area contributed by atoms with Crippen LogP contribution in [0.25, 0.3) is 0 Å². The molecule has 6 heteroatoms. The molecule has 25 heavy (non-hydrogen) atoms. The van der Waals surface area contributed by atoms with E-state index in [1.165, 1.54) is 18.4 Å². The lowest BCUT2D eigenvalue weighted by Gasteiger charge is -2.23. The van der Waals surface area contributed by atoms with Crippen LogP contribution in [-0.2, 0) is 24.1 Å². The molecule has 2 atom stereocenters. The minimum atomic E-state index is 0.241. The summed E-state index contributed by atoms with van der Waals surface area (Å²) in [5, 5.41) is 4.36. The van der Waals surface area contributed by atoms with E-state index < -0.39 is 0 Å². The summed E-state index contributed by atoms with van der Waals surface area (Å²) in [6.45, 7) is 2.34. The van der Waals surface area contributed by atoms with Crippen LogP contribution in [0.1, 0.15) is 36.3 Å². The maximum Gasteiger partial charge on any atom is 0.140 e. The Morgan fingerprint density at radius 2 is 2.24 bits per heavy atom. The largest absolute Gasteiger partial charge is 0.490 e. The molecule has 1 fully saturated rings. The van der Waals surface area contributed by atoms with E-state index in [0.717, 1.165) is 49.6 Å². The molecule has 6 nitrogen and oxygen atoms in total. The lowest BCUT2D eigenvalue weighted by Crippen LogP contribution is -2.34. The molecule has 3 heterocycles. The second kappa shape index (κ2) is 7.54. The summed E-state index contributed by atoms with van der Waals surface area (Å²) in [7, 11) is 1.78. The summed E-state index contributed by atoms with van der Waals surface area (Å²) < 4.78 is 17.1. The number of hydrogen-bond donors (Lipinski definition) is 0. The summed E-state index contributed by atoms with van der Waals surface area (Å²) in [6, 6.07) is 4.14. The number of ether oxygens (including phenoxy) is 2. The van der Waals surface area contributed by atoms with Crippen molar-refractivity contribution in [2.45, 2.75) is 50.8 Å². The number of methoxy groups -OCH3 is 1. The highest BCUT2D eigenvalue weighted by atomic mass is 16.5. The van der Waals surface area contributed by atoms with Gasteiger partial charge in [0.2, 0.25) is 0 Å². The smallest absolute Gasteiger partial charge is 0.140 e. The molecule has 0 aromatic carbocycles. The zero-order valence-electron chi connectivity index (χ0n) is 14.7. The predicted molar refractivity (Wildman–Crippen MR) is 92.5 cm³/mol. The van der Waals surface area contributed by atoms with Gasteiger partial charge in [0, 0.05) is 44.4 Å². The van der Waals surface area contributed by atoms with Crippen molar-refractivity contribution in [2.75, 3.05) is 20.3 Å². The Morgan fingerprint density at radius 1 is 1.32 bits per heavy atom. The van der Waals surface area contributed by atoms with Crippen molar-refractivity contribution in [3.8, 4) is 5.75 Å². The lowest BCUT2D eigenvalue weighted by atomic mass is 9.96. The van der Waals surface area contributed by atoms with Gasteiger partial charge in [0.05, 0.1) is 12.3 Å². The molecule has 0 unspecified atom stereocenters. The minimum Gasteiger partial charge on any atom is -0.490 e. The number of aromatic nitrogens is 2. The van der Waals surface area contributed by atoms with E-state index >= 15 is 0 Å². The number of rotatable bonds is 6. The van der Waals surface area contributed by atoms with Crippen LogP contribution >= 0.6 is 0 Å². The van der Waals surface area contributed by atoms with E-state index in [9.17, 15) is 0 Å². The molecule has 0 radical (unpaired) electrons. The predicted octanol–water partition coefficient (Wildman–Crippen LogP) is 2.62. The number of likely N-dealkylation sites (tertiary alicyclic amines) is 1. The first-order valence-corrected chi connectivity index (χ1v) is 9.09. The van der Waals surface area contributed by atoms with Gasteiger partial charge in [-0.05, 0) is 37.8 Å². The molecule has 0 spiro atoms. The van der Waals surface area contributed by atoms with Gasteiger partial charge < -0.3 is 14.0 Å². The van der Waals surface area contributed by atoms with Gasteiger partial charge in [-0.2, -0.15) is 0 Å². The molecule has 1 aliphatic heterocycles. The highest BCUT2D eigenvalue weighted by Gasteiger charge is 2.34. The second-order valence-corrected chi connectivity index (χ2v) is 6.91. The van der Waals surface area contributed by atoms with E-state index in [-0.39, 0.29) is 6.10 Å². The Hall–Kier alpha value is -1.92. The Kier molecular flexibility index (Phi) is 4.99. The second-order valence-electron chi connectivity index (χ2n) is 6.91. The average Bonchev–Trinajstić information content (AvgIpc) is 3.25. The zero-order valence-corrected chi connectivity index (χ0v) is 14.7. The molecule has 2 aromatic heterocycles. The Bertz CT molecular complexity index is 688. The topological polar surface area (TPSA) is 60.6 Å². The van der Waals surface area contributed by atoms with Gasteiger partial charge in [0.25, 0.3) is 0 Å². The van der Waals surface area contributed by atoms with Crippen LogP contribution in [0.3, 0.4) is 0 Å². The number of pyridine rings is 1. The average molecular weight is 343 g/mol. The van der Waals surface area contributed by atoms with Crippen molar-refractivity contribution in [3.63, 3.8) is 0 Å². The van der Waals surface area contributed by atoms with Crippen LogP contribution in [0.2, 0.25) is 0 Å². The van der Waals surface area contributed by atoms with E-state index in [2.05, 4.69) is 15.0 Å². The van der Waals surface area contributed by atoms with Crippen LogP contribution in [0.15, 0.2) is 29.0 Å². The fourth-order valence-electron chi connectivity index (χ4n) is 3.87. The maximum absolute atomic E-state index is 5.94. The van der Waals surface area contributed by atoms with E-state index in [4.69, 9.17) is 14.0 Å². The van der Waals surface area contributed by atoms with Crippen LogP contribution in [0, 0.1) is 0 Å². The first-order valence-electron chi connectivity index (χ1n) is 9.09. The first kappa shape index (κ1) is 16.5. The van der Waals surface area contributed by atoms with Crippen LogP contribution in [0.5, 0.6) is 5.75 Å². The fraction of sp³-hybridized carbons (Fsp3) is 0.579. The minimum absolute atomic E-state index is 0.241. The molecular formula is C19H25N3O3. The van der Waals surface area contributed by atoms with Crippen molar-refractivity contribution >= 4 is 0 Å². The molecule has 134 valence electrons. The van der Waals surface area contributed by atoms with Gasteiger partial charge >= 0.3 is 0 Å². The monoisotopic (exact) mass is 343 g/mol. The molecule has 1 saturated heterocycles. The molecule has 4 rings (SSSR count). The molecule has 2 aliphatic rings. The molecule has 0 saturated carbocycles. The quantitative estimate of drug-likeness (QED) is 0.803. The SMILES string of the molecule is CO[C@@H]1C[C@@H](COc2cccnc2)N(Cc2noc3c2CCCC3)C1. The van der Waals surface area contributed by atoms with Gasteiger partial charge in [0.15, 0.2) is 0 Å². The fourth-order valence-corrected chi connectivity index (χ4v) is 3.87. The number of fused-ring (bicyclic) bond motifs is 1. The third-order valence-corrected chi connectivity index (χ3v) is 5.28. The van der Waals surface area contributed by atoms with Crippen LogP contribution < -0.4 is 4.74 Å². The highest BCUT2D eigenvalue weighted by Crippen LogP contribution is 2.28. The molecule has 0 N–H and O–H groups in total. The van der Waals surface area contributed by atoms with Gasteiger partial charge in [-0.1, -0.05) is 5.16 Å². The number of nitrogens with zero attached hydrogens (tertiary/aromatic N) is 3. The van der Waals surface area contributed by atoms with Crippen LogP contribution in [0.4, 0.5) is 0 Å². The molecule has 1 aliphatic carbocycles. The number of aryl methyl sites for hydroxylation is 1. The van der Waals surface area contributed by atoms with Gasteiger partial charge in [-0.25, -0.2) is 0 Å². The summed E-state index contributed by atoms with van der Waals surface area (Å²) in [5.41, 5.74) is 2.43. The van der Waals surface area contributed by atoms with Crippen molar-refractivity contribution in [1.29, 1.82) is 0 Å². The third kappa shape index (κ3) is 3.70. The maximum atomic E-state index is 5.94. The van der Waals surface area contributed by atoms with Crippen molar-refractivity contribution in [1.82, 2.24) is 15.0 Å². The molecular weight excluding hydrogens is 318 g/mol. The molecule has 0 bridgehead atoms. The summed E-state index contributed by atoms with van der Waals surface area (Å²) in [4.78, 5) is 6.52. The van der Waals surface area contributed by atoms with Crippen molar-refractivity contribution in [3.05, 3.63) is 41.5 Å². The number of hydrogen-bond acceptors (Lipinski definition) is 6. The Morgan fingerprint density at radius 3 is 3.08 bits per heavy atom.